The Balaban J connectivity index is 1.97. The first-order valence-corrected chi connectivity index (χ1v) is 8.53. The largest absolute Gasteiger partial charge is 0.466 e. The van der Waals surface area contributed by atoms with E-state index >= 15 is 0 Å². The van der Waals surface area contributed by atoms with Crippen molar-refractivity contribution in [2.24, 2.45) is 5.41 Å². The van der Waals surface area contributed by atoms with Crippen LogP contribution in [-0.2, 0) is 15.7 Å². The number of aromatic nitrogens is 3. The standard InChI is InChI=1S/C18H19F3N4O2/c1-3-27-16(26)17(2)7-9-25(11-17)14-10-13(18(19,20)21)23-15(24-14)12-6-4-5-8-22-12/h4-6,8,10H,3,7,9,11H2,1-2H3. The molecule has 1 fully saturated rings. The zero-order valence-electron chi connectivity index (χ0n) is 15.0. The van der Waals surface area contributed by atoms with Gasteiger partial charge in [-0.25, -0.2) is 9.97 Å². The van der Waals surface area contributed by atoms with Gasteiger partial charge in [0.15, 0.2) is 11.5 Å². The van der Waals surface area contributed by atoms with Gasteiger partial charge in [-0.3, -0.25) is 9.78 Å². The highest BCUT2D eigenvalue weighted by molar-refractivity contribution is 5.78. The van der Waals surface area contributed by atoms with Gasteiger partial charge in [-0.1, -0.05) is 6.07 Å². The first-order valence-electron chi connectivity index (χ1n) is 8.53. The zero-order valence-corrected chi connectivity index (χ0v) is 15.0. The normalized spacial score (nSPS) is 20.0. The van der Waals surface area contributed by atoms with E-state index in [0.29, 0.717) is 13.0 Å². The van der Waals surface area contributed by atoms with Crippen LogP contribution in [0.2, 0.25) is 0 Å². The van der Waals surface area contributed by atoms with Gasteiger partial charge in [0, 0.05) is 25.4 Å². The number of hydrogen-bond acceptors (Lipinski definition) is 6. The summed E-state index contributed by atoms with van der Waals surface area (Å²) in [6.45, 7) is 4.33. The second-order valence-corrected chi connectivity index (χ2v) is 6.60. The lowest BCUT2D eigenvalue weighted by molar-refractivity contribution is -0.153. The Labute approximate surface area is 154 Å². The fourth-order valence-corrected chi connectivity index (χ4v) is 2.98. The van der Waals surface area contributed by atoms with Crippen LogP contribution in [0.5, 0.6) is 0 Å². The van der Waals surface area contributed by atoms with Crippen LogP contribution in [0.3, 0.4) is 0 Å². The lowest BCUT2D eigenvalue weighted by atomic mass is 9.90. The van der Waals surface area contributed by atoms with Gasteiger partial charge in [-0.2, -0.15) is 13.2 Å². The number of carbonyl (C=O) groups is 1. The summed E-state index contributed by atoms with van der Waals surface area (Å²) in [5.74, 6) is -0.348. The fraction of sp³-hybridized carbons (Fsp3) is 0.444. The molecule has 144 valence electrons. The minimum absolute atomic E-state index is 0.106. The molecule has 0 N–H and O–H groups in total. The minimum Gasteiger partial charge on any atom is -0.466 e. The maximum absolute atomic E-state index is 13.3. The molecule has 0 aliphatic carbocycles. The average molecular weight is 380 g/mol. The molecule has 0 amide bonds. The molecule has 1 aliphatic heterocycles. The van der Waals surface area contributed by atoms with Gasteiger partial charge in [0.05, 0.1) is 12.0 Å². The molecule has 0 saturated carbocycles. The van der Waals surface area contributed by atoms with Crippen LogP contribution in [0, 0.1) is 5.41 Å². The summed E-state index contributed by atoms with van der Waals surface area (Å²) in [7, 11) is 0. The topological polar surface area (TPSA) is 68.2 Å². The van der Waals surface area contributed by atoms with Gasteiger partial charge < -0.3 is 9.64 Å². The maximum Gasteiger partial charge on any atom is 0.433 e. The van der Waals surface area contributed by atoms with Crippen LogP contribution in [0.25, 0.3) is 11.5 Å². The number of rotatable bonds is 4. The van der Waals surface area contributed by atoms with Crippen molar-refractivity contribution in [2.75, 3.05) is 24.6 Å². The molecule has 3 heterocycles. The number of carbonyl (C=O) groups excluding carboxylic acids is 1. The smallest absolute Gasteiger partial charge is 0.433 e. The highest BCUT2D eigenvalue weighted by atomic mass is 19.4. The molecule has 0 aromatic carbocycles. The molecule has 9 heteroatoms. The molecule has 1 unspecified atom stereocenters. The Morgan fingerprint density at radius 1 is 1.33 bits per heavy atom. The first-order chi connectivity index (χ1) is 12.7. The third-order valence-corrected chi connectivity index (χ3v) is 4.46. The van der Waals surface area contributed by atoms with Crippen molar-refractivity contribution >= 4 is 11.8 Å². The Hall–Kier alpha value is -2.71. The summed E-state index contributed by atoms with van der Waals surface area (Å²) in [5, 5.41) is 0. The van der Waals surface area contributed by atoms with E-state index in [-0.39, 0.29) is 36.5 Å². The van der Waals surface area contributed by atoms with Gasteiger partial charge in [0.1, 0.15) is 11.5 Å². The predicted molar refractivity (Wildman–Crippen MR) is 91.8 cm³/mol. The zero-order chi connectivity index (χ0) is 19.7. The molecular weight excluding hydrogens is 361 g/mol. The Bertz CT molecular complexity index is 829. The van der Waals surface area contributed by atoms with Crippen molar-refractivity contribution < 1.29 is 22.7 Å². The van der Waals surface area contributed by atoms with Gasteiger partial charge in [0.25, 0.3) is 0 Å². The second kappa shape index (κ2) is 7.13. The van der Waals surface area contributed by atoms with E-state index in [1.807, 2.05) is 0 Å². The Morgan fingerprint density at radius 2 is 2.11 bits per heavy atom. The molecule has 3 rings (SSSR count). The number of pyridine rings is 1. The monoisotopic (exact) mass is 380 g/mol. The Morgan fingerprint density at radius 3 is 2.74 bits per heavy atom. The molecule has 1 atom stereocenters. The van der Waals surface area contributed by atoms with Crippen molar-refractivity contribution in [1.82, 2.24) is 15.0 Å². The van der Waals surface area contributed by atoms with Gasteiger partial charge in [-0.05, 0) is 32.4 Å². The van der Waals surface area contributed by atoms with Crippen molar-refractivity contribution in [1.29, 1.82) is 0 Å². The van der Waals surface area contributed by atoms with Gasteiger partial charge >= 0.3 is 12.1 Å². The van der Waals surface area contributed by atoms with Crippen LogP contribution < -0.4 is 4.90 Å². The number of ether oxygens (including phenoxy) is 1. The van der Waals surface area contributed by atoms with Crippen LogP contribution in [0.1, 0.15) is 26.0 Å². The van der Waals surface area contributed by atoms with E-state index in [9.17, 15) is 18.0 Å². The van der Waals surface area contributed by atoms with Crippen LogP contribution >= 0.6 is 0 Å². The van der Waals surface area contributed by atoms with Gasteiger partial charge in [-0.15, -0.1) is 0 Å². The molecule has 1 saturated heterocycles. The van der Waals surface area contributed by atoms with Gasteiger partial charge in [0.2, 0.25) is 0 Å². The summed E-state index contributed by atoms with van der Waals surface area (Å²) in [4.78, 5) is 25.8. The molecule has 1 aliphatic rings. The van der Waals surface area contributed by atoms with E-state index in [4.69, 9.17) is 4.74 Å². The quantitative estimate of drug-likeness (QED) is 0.758. The number of nitrogens with zero attached hydrogens (tertiary/aromatic N) is 4. The summed E-state index contributed by atoms with van der Waals surface area (Å²) in [5.41, 5.74) is -1.58. The number of halogens is 3. The highest BCUT2D eigenvalue weighted by Crippen LogP contribution is 2.36. The van der Waals surface area contributed by atoms with E-state index in [0.717, 1.165) is 6.07 Å². The van der Waals surface area contributed by atoms with E-state index in [2.05, 4.69) is 15.0 Å². The lowest BCUT2D eigenvalue weighted by Gasteiger charge is -2.23. The lowest BCUT2D eigenvalue weighted by Crippen LogP contribution is -2.34. The van der Waals surface area contributed by atoms with E-state index < -0.39 is 17.3 Å². The highest BCUT2D eigenvalue weighted by Gasteiger charge is 2.43. The molecule has 2 aromatic rings. The number of hydrogen-bond donors (Lipinski definition) is 0. The Kier molecular flexibility index (Phi) is 5.03. The molecule has 2 aromatic heterocycles. The van der Waals surface area contributed by atoms with Crippen LogP contribution in [-0.4, -0.2) is 40.6 Å². The van der Waals surface area contributed by atoms with E-state index in [1.165, 1.54) is 6.20 Å². The third-order valence-electron chi connectivity index (χ3n) is 4.46. The van der Waals surface area contributed by atoms with Crippen molar-refractivity contribution in [2.45, 2.75) is 26.4 Å². The fourth-order valence-electron chi connectivity index (χ4n) is 2.98. The molecule has 6 nitrogen and oxygen atoms in total. The van der Waals surface area contributed by atoms with Crippen LogP contribution in [0.15, 0.2) is 30.5 Å². The number of anilines is 1. The number of alkyl halides is 3. The maximum atomic E-state index is 13.3. The van der Waals surface area contributed by atoms with Crippen molar-refractivity contribution in [3.8, 4) is 11.5 Å². The molecule has 0 bridgehead atoms. The average Bonchev–Trinajstić information content (AvgIpc) is 3.05. The van der Waals surface area contributed by atoms with Crippen molar-refractivity contribution in [3.05, 3.63) is 36.2 Å². The summed E-state index contributed by atoms with van der Waals surface area (Å²) < 4.78 is 45.1. The molecule has 0 spiro atoms. The predicted octanol–water partition coefficient (Wildman–Crippen LogP) is 3.34. The third kappa shape index (κ3) is 4.01. The molecular formula is C18H19F3N4O2. The second-order valence-electron chi connectivity index (χ2n) is 6.60. The van der Waals surface area contributed by atoms with E-state index in [1.54, 1.807) is 36.9 Å². The molecule has 27 heavy (non-hydrogen) atoms. The number of esters is 1. The summed E-state index contributed by atoms with van der Waals surface area (Å²) in [6, 6.07) is 5.76. The first kappa shape index (κ1) is 19.1. The summed E-state index contributed by atoms with van der Waals surface area (Å²) in [6.07, 6.45) is -2.69. The van der Waals surface area contributed by atoms with Crippen molar-refractivity contribution in [3.63, 3.8) is 0 Å². The minimum atomic E-state index is -4.62. The SMILES string of the molecule is CCOC(=O)C1(C)CCN(c2cc(C(F)(F)F)nc(-c3ccccn3)n2)C1. The van der Waals surface area contributed by atoms with Crippen LogP contribution in [0.4, 0.5) is 19.0 Å². The summed E-state index contributed by atoms with van der Waals surface area (Å²) >= 11 is 0. The molecule has 0 radical (unpaired) electrons.